The Balaban J connectivity index is 1.97. The van der Waals surface area contributed by atoms with Crippen molar-refractivity contribution in [1.29, 1.82) is 0 Å². The first-order chi connectivity index (χ1) is 6.16. The van der Waals surface area contributed by atoms with Gasteiger partial charge in [0.15, 0.2) is 0 Å². The molecule has 1 aromatic heterocycles. The molecule has 1 aromatic rings. The molecule has 0 spiro atoms. The predicted molar refractivity (Wildman–Crippen MR) is 57.1 cm³/mol. The van der Waals surface area contributed by atoms with Gasteiger partial charge in [-0.15, -0.1) is 11.3 Å². The molecule has 1 aliphatic carbocycles. The Morgan fingerprint density at radius 1 is 1.77 bits per heavy atom. The van der Waals surface area contributed by atoms with Gasteiger partial charge in [0.1, 0.15) is 0 Å². The van der Waals surface area contributed by atoms with E-state index >= 15 is 0 Å². The molecule has 0 bridgehead atoms. The predicted octanol–water partition coefficient (Wildman–Crippen LogP) is 2.65. The van der Waals surface area contributed by atoms with Gasteiger partial charge in [-0.25, -0.2) is 0 Å². The molecular weight excluding hydrogens is 250 g/mol. The topological polar surface area (TPSA) is 29.1 Å². The van der Waals surface area contributed by atoms with Crippen LogP contribution in [-0.4, -0.2) is 11.9 Å². The fraction of sp³-hybridized carbons (Fsp3) is 0.444. The van der Waals surface area contributed by atoms with Crippen molar-refractivity contribution in [2.75, 3.05) is 0 Å². The molecule has 0 radical (unpaired) electrons. The zero-order valence-corrected chi connectivity index (χ0v) is 9.61. The third kappa shape index (κ3) is 2.11. The molecule has 70 valence electrons. The van der Waals surface area contributed by atoms with Gasteiger partial charge >= 0.3 is 0 Å². The van der Waals surface area contributed by atoms with Gasteiger partial charge in [-0.05, 0) is 34.3 Å². The lowest BCUT2D eigenvalue weighted by molar-refractivity contribution is 0.0950. The maximum atomic E-state index is 11.5. The minimum absolute atomic E-state index is 0.0521. The van der Waals surface area contributed by atoms with Crippen LogP contribution in [0.15, 0.2) is 15.2 Å². The van der Waals surface area contributed by atoms with Crippen LogP contribution in [0.25, 0.3) is 0 Å². The van der Waals surface area contributed by atoms with Crippen LogP contribution in [-0.2, 0) is 0 Å². The van der Waals surface area contributed by atoms with E-state index in [1.54, 1.807) is 0 Å². The molecule has 1 fully saturated rings. The number of rotatable bonds is 2. The molecule has 4 heteroatoms. The molecule has 1 N–H and O–H groups in total. The van der Waals surface area contributed by atoms with Gasteiger partial charge in [-0.1, -0.05) is 6.92 Å². The van der Waals surface area contributed by atoms with Crippen LogP contribution in [0.4, 0.5) is 0 Å². The number of nitrogens with one attached hydrogen (secondary N) is 1. The Morgan fingerprint density at radius 2 is 2.46 bits per heavy atom. The van der Waals surface area contributed by atoms with E-state index in [1.807, 2.05) is 11.4 Å². The average molecular weight is 260 g/mol. The van der Waals surface area contributed by atoms with Crippen LogP contribution in [0.2, 0.25) is 0 Å². The summed E-state index contributed by atoms with van der Waals surface area (Å²) in [6, 6.07) is 2.26. The Labute approximate surface area is 89.5 Å². The average Bonchev–Trinajstić information content (AvgIpc) is 2.62. The molecule has 2 nitrogen and oxygen atoms in total. The zero-order valence-electron chi connectivity index (χ0n) is 7.21. The van der Waals surface area contributed by atoms with Gasteiger partial charge < -0.3 is 5.32 Å². The summed E-state index contributed by atoms with van der Waals surface area (Å²) in [4.78, 5) is 11.5. The van der Waals surface area contributed by atoms with Crippen molar-refractivity contribution in [1.82, 2.24) is 5.32 Å². The third-order valence-electron chi connectivity index (χ3n) is 2.26. The Bertz CT molecular complexity index is 336. The van der Waals surface area contributed by atoms with Crippen LogP contribution in [0.5, 0.6) is 0 Å². The summed E-state index contributed by atoms with van der Waals surface area (Å²) in [5.41, 5.74) is 0.760. The highest BCUT2D eigenvalue weighted by Gasteiger charge is 2.34. The Morgan fingerprint density at radius 3 is 2.92 bits per heavy atom. The fourth-order valence-corrected chi connectivity index (χ4v) is 2.34. The smallest absolute Gasteiger partial charge is 0.252 e. The molecule has 1 saturated carbocycles. The van der Waals surface area contributed by atoms with Gasteiger partial charge in [0.05, 0.1) is 9.35 Å². The van der Waals surface area contributed by atoms with Crippen molar-refractivity contribution in [2.24, 2.45) is 5.92 Å². The molecule has 1 aliphatic rings. The van der Waals surface area contributed by atoms with E-state index in [-0.39, 0.29) is 5.91 Å². The highest BCUT2D eigenvalue weighted by molar-refractivity contribution is 9.11. The summed E-state index contributed by atoms with van der Waals surface area (Å²) in [6.45, 7) is 2.15. The summed E-state index contributed by atoms with van der Waals surface area (Å²) < 4.78 is 1.00. The second kappa shape index (κ2) is 3.42. The van der Waals surface area contributed by atoms with Gasteiger partial charge in [-0.2, -0.15) is 0 Å². The van der Waals surface area contributed by atoms with E-state index in [1.165, 1.54) is 11.3 Å². The van der Waals surface area contributed by atoms with E-state index in [2.05, 4.69) is 28.2 Å². The molecule has 0 aliphatic heterocycles. The van der Waals surface area contributed by atoms with E-state index < -0.39 is 0 Å². The number of carbonyl (C=O) groups excluding carboxylic acids is 1. The first-order valence-corrected chi connectivity index (χ1v) is 5.89. The van der Waals surface area contributed by atoms with Crippen molar-refractivity contribution in [2.45, 2.75) is 19.4 Å². The summed E-state index contributed by atoms with van der Waals surface area (Å²) >= 11 is 4.87. The summed E-state index contributed by atoms with van der Waals surface area (Å²) in [5.74, 6) is 0.710. The van der Waals surface area contributed by atoms with Gasteiger partial charge in [0.2, 0.25) is 0 Å². The molecule has 2 atom stereocenters. The van der Waals surface area contributed by atoms with Gasteiger partial charge in [0, 0.05) is 11.4 Å². The normalized spacial score (nSPS) is 25.7. The first kappa shape index (κ1) is 9.21. The lowest BCUT2D eigenvalue weighted by Crippen LogP contribution is -2.25. The monoisotopic (exact) mass is 259 g/mol. The molecule has 0 unspecified atom stereocenters. The third-order valence-corrected chi connectivity index (χ3v) is 3.76. The molecule has 1 amide bonds. The van der Waals surface area contributed by atoms with Crippen LogP contribution in [0.3, 0.4) is 0 Å². The van der Waals surface area contributed by atoms with Crippen molar-refractivity contribution in [3.8, 4) is 0 Å². The molecule has 0 saturated heterocycles. The standard InChI is InChI=1S/C9H10BrNOS/c1-5-2-7(5)11-9(12)6-3-8(10)13-4-6/h3-5,7H,2H2,1H3,(H,11,12)/t5-,7-/m1/s1. The maximum Gasteiger partial charge on any atom is 0.252 e. The summed E-state index contributed by atoms with van der Waals surface area (Å²) in [6.07, 6.45) is 1.12. The van der Waals surface area contributed by atoms with E-state index in [4.69, 9.17) is 0 Å². The number of carbonyl (C=O) groups is 1. The lowest BCUT2D eigenvalue weighted by atomic mass is 10.3. The quantitative estimate of drug-likeness (QED) is 0.870. The zero-order chi connectivity index (χ0) is 9.42. The largest absolute Gasteiger partial charge is 0.349 e. The second-order valence-corrected chi connectivity index (χ2v) is 5.72. The van der Waals surface area contributed by atoms with E-state index in [0.29, 0.717) is 12.0 Å². The molecular formula is C9H10BrNOS. The van der Waals surface area contributed by atoms with Crippen LogP contribution in [0.1, 0.15) is 23.7 Å². The van der Waals surface area contributed by atoms with Crippen LogP contribution >= 0.6 is 27.3 Å². The van der Waals surface area contributed by atoms with Crippen molar-refractivity contribution >= 4 is 33.2 Å². The molecule has 2 rings (SSSR count). The summed E-state index contributed by atoms with van der Waals surface area (Å²) in [5, 5.41) is 4.85. The van der Waals surface area contributed by atoms with Crippen molar-refractivity contribution in [3.63, 3.8) is 0 Å². The SMILES string of the molecule is C[C@@H]1C[C@H]1NC(=O)c1csc(Br)c1. The number of halogens is 1. The van der Waals surface area contributed by atoms with Gasteiger partial charge in [-0.3, -0.25) is 4.79 Å². The second-order valence-electron chi connectivity index (χ2n) is 3.43. The van der Waals surface area contributed by atoms with Crippen molar-refractivity contribution < 1.29 is 4.79 Å². The minimum Gasteiger partial charge on any atom is -0.349 e. The van der Waals surface area contributed by atoms with Crippen molar-refractivity contribution in [3.05, 3.63) is 20.8 Å². The number of hydrogen-bond donors (Lipinski definition) is 1. The number of amides is 1. The first-order valence-electron chi connectivity index (χ1n) is 4.21. The highest BCUT2D eigenvalue weighted by atomic mass is 79.9. The maximum absolute atomic E-state index is 11.5. The Hall–Kier alpha value is -0.350. The molecule has 0 aromatic carbocycles. The number of thiophene rings is 1. The lowest BCUT2D eigenvalue weighted by Gasteiger charge is -1.99. The van der Waals surface area contributed by atoms with Crippen LogP contribution in [0, 0.1) is 5.92 Å². The highest BCUT2D eigenvalue weighted by Crippen LogP contribution is 2.29. The summed E-state index contributed by atoms with van der Waals surface area (Å²) in [7, 11) is 0. The van der Waals surface area contributed by atoms with E-state index in [9.17, 15) is 4.79 Å². The Kier molecular flexibility index (Phi) is 2.43. The molecule has 13 heavy (non-hydrogen) atoms. The van der Waals surface area contributed by atoms with Crippen LogP contribution < -0.4 is 5.32 Å². The van der Waals surface area contributed by atoms with Gasteiger partial charge in [0.25, 0.3) is 5.91 Å². The van der Waals surface area contributed by atoms with E-state index in [0.717, 1.165) is 15.8 Å². The minimum atomic E-state index is 0.0521. The molecule has 1 heterocycles. The fourth-order valence-electron chi connectivity index (χ4n) is 1.20. The number of hydrogen-bond acceptors (Lipinski definition) is 2.